The Labute approximate surface area is 146 Å². The van der Waals surface area contributed by atoms with Crippen molar-refractivity contribution in [3.63, 3.8) is 0 Å². The highest BCUT2D eigenvalue weighted by Gasteiger charge is 2.10. The first kappa shape index (κ1) is 18.7. The van der Waals surface area contributed by atoms with Crippen LogP contribution in [0, 0.1) is 6.92 Å². The first-order valence-corrected chi connectivity index (χ1v) is 9.45. The van der Waals surface area contributed by atoms with Gasteiger partial charge in [-0.3, -0.25) is 4.79 Å². The summed E-state index contributed by atoms with van der Waals surface area (Å²) < 4.78 is 0. The smallest absolute Gasteiger partial charge is 0.163 e. The molecule has 2 heteroatoms. The molecule has 0 bridgehead atoms. The van der Waals surface area contributed by atoms with Crippen molar-refractivity contribution in [2.75, 3.05) is 6.54 Å². The Hall–Kier alpha value is -1.67. The Morgan fingerprint density at radius 1 is 0.792 bits per heavy atom. The lowest BCUT2D eigenvalue weighted by Crippen LogP contribution is -2.00. The summed E-state index contributed by atoms with van der Waals surface area (Å²) in [7, 11) is 0. The quantitative estimate of drug-likeness (QED) is 0.419. The lowest BCUT2D eigenvalue weighted by molar-refractivity contribution is 0.0980. The number of hydrogen-bond acceptors (Lipinski definition) is 2. The summed E-state index contributed by atoms with van der Waals surface area (Å²) in [6.07, 6.45) is 10.4. The van der Waals surface area contributed by atoms with Gasteiger partial charge in [0, 0.05) is 12.0 Å². The third kappa shape index (κ3) is 5.45. The van der Waals surface area contributed by atoms with E-state index in [1.54, 1.807) is 0 Å². The van der Waals surface area contributed by atoms with Crippen LogP contribution in [0.25, 0.3) is 10.8 Å². The molecular formula is C22H31NO. The number of benzene rings is 2. The summed E-state index contributed by atoms with van der Waals surface area (Å²) in [4.78, 5) is 12.6. The average Bonchev–Trinajstić information content (AvgIpc) is 2.60. The molecule has 0 spiro atoms. The van der Waals surface area contributed by atoms with E-state index < -0.39 is 0 Å². The van der Waals surface area contributed by atoms with Crippen LogP contribution in [0.1, 0.15) is 73.7 Å². The molecule has 0 heterocycles. The maximum Gasteiger partial charge on any atom is 0.163 e. The topological polar surface area (TPSA) is 43.1 Å². The molecule has 2 aromatic carbocycles. The molecule has 2 N–H and O–H groups in total. The molecule has 0 aliphatic carbocycles. The maximum absolute atomic E-state index is 12.6. The van der Waals surface area contributed by atoms with Crippen LogP contribution in [-0.4, -0.2) is 12.3 Å². The molecule has 0 unspecified atom stereocenters. The summed E-state index contributed by atoms with van der Waals surface area (Å²) >= 11 is 0. The van der Waals surface area contributed by atoms with Gasteiger partial charge in [0.05, 0.1) is 0 Å². The second-order valence-electron chi connectivity index (χ2n) is 6.77. The normalized spacial score (nSPS) is 11.1. The lowest BCUT2D eigenvalue weighted by Gasteiger charge is -2.08. The van der Waals surface area contributed by atoms with E-state index in [0.717, 1.165) is 36.8 Å². The molecule has 2 rings (SSSR count). The highest BCUT2D eigenvalue weighted by Crippen LogP contribution is 2.24. The van der Waals surface area contributed by atoms with E-state index in [-0.39, 0.29) is 5.78 Å². The van der Waals surface area contributed by atoms with E-state index in [9.17, 15) is 4.79 Å². The van der Waals surface area contributed by atoms with Gasteiger partial charge in [0.15, 0.2) is 5.78 Å². The Morgan fingerprint density at radius 3 is 2.04 bits per heavy atom. The molecule has 0 saturated heterocycles. The number of carbonyl (C=O) groups is 1. The van der Waals surface area contributed by atoms with Crippen LogP contribution >= 0.6 is 0 Å². The molecule has 0 aliphatic rings. The Morgan fingerprint density at radius 2 is 1.38 bits per heavy atom. The highest BCUT2D eigenvalue weighted by atomic mass is 16.1. The Balaban J connectivity index is 1.75. The van der Waals surface area contributed by atoms with Crippen LogP contribution in [0.3, 0.4) is 0 Å². The molecule has 0 aliphatic heterocycles. The van der Waals surface area contributed by atoms with Crippen LogP contribution < -0.4 is 5.73 Å². The molecule has 2 nitrogen and oxygen atoms in total. The second kappa shape index (κ2) is 10.2. The molecule has 0 saturated carbocycles. The summed E-state index contributed by atoms with van der Waals surface area (Å²) in [6, 6.07) is 12.3. The van der Waals surface area contributed by atoms with Gasteiger partial charge in [0.25, 0.3) is 0 Å². The Bertz CT molecular complexity index is 647. The van der Waals surface area contributed by atoms with E-state index in [1.165, 1.54) is 43.1 Å². The van der Waals surface area contributed by atoms with Crippen LogP contribution in [0.4, 0.5) is 0 Å². The van der Waals surface area contributed by atoms with Crippen LogP contribution in [-0.2, 0) is 0 Å². The second-order valence-corrected chi connectivity index (χ2v) is 6.77. The zero-order valence-corrected chi connectivity index (χ0v) is 15.0. The van der Waals surface area contributed by atoms with E-state index in [2.05, 4.69) is 25.1 Å². The van der Waals surface area contributed by atoms with Gasteiger partial charge in [-0.05, 0) is 42.6 Å². The number of nitrogens with two attached hydrogens (primary N) is 1. The number of rotatable bonds is 11. The molecule has 0 fully saturated rings. The third-order valence-corrected chi connectivity index (χ3v) is 4.80. The average molecular weight is 325 g/mol. The van der Waals surface area contributed by atoms with Crippen molar-refractivity contribution in [2.45, 2.75) is 64.7 Å². The fraction of sp³-hybridized carbons (Fsp3) is 0.500. The van der Waals surface area contributed by atoms with Crippen molar-refractivity contribution < 1.29 is 4.79 Å². The third-order valence-electron chi connectivity index (χ3n) is 4.80. The molecule has 0 atom stereocenters. The van der Waals surface area contributed by atoms with Crippen molar-refractivity contribution in [3.05, 3.63) is 47.5 Å². The van der Waals surface area contributed by atoms with E-state index in [0.29, 0.717) is 6.42 Å². The summed E-state index contributed by atoms with van der Waals surface area (Å²) in [5.74, 6) is 0.286. The van der Waals surface area contributed by atoms with Gasteiger partial charge >= 0.3 is 0 Å². The van der Waals surface area contributed by atoms with Gasteiger partial charge < -0.3 is 5.73 Å². The fourth-order valence-corrected chi connectivity index (χ4v) is 3.32. The van der Waals surface area contributed by atoms with Gasteiger partial charge in [0.1, 0.15) is 0 Å². The number of fused-ring (bicyclic) bond motifs is 1. The first-order chi connectivity index (χ1) is 11.7. The van der Waals surface area contributed by atoms with Crippen LogP contribution in [0.5, 0.6) is 0 Å². The molecular weight excluding hydrogens is 294 g/mol. The highest BCUT2D eigenvalue weighted by molar-refractivity contribution is 6.08. The van der Waals surface area contributed by atoms with Crippen LogP contribution in [0.15, 0.2) is 36.4 Å². The fourth-order valence-electron chi connectivity index (χ4n) is 3.32. The minimum Gasteiger partial charge on any atom is -0.330 e. The van der Waals surface area contributed by atoms with Crippen LogP contribution in [0.2, 0.25) is 0 Å². The molecule has 0 amide bonds. The van der Waals surface area contributed by atoms with Gasteiger partial charge in [-0.15, -0.1) is 0 Å². The monoisotopic (exact) mass is 325 g/mol. The minimum atomic E-state index is 0.286. The SMILES string of the molecule is Cc1ccc(C(=O)CCCCCCCCCCN)c2ccccc12. The maximum atomic E-state index is 12.6. The van der Waals surface area contributed by atoms with E-state index >= 15 is 0 Å². The predicted molar refractivity (Wildman–Crippen MR) is 104 cm³/mol. The largest absolute Gasteiger partial charge is 0.330 e. The number of ketones is 1. The number of hydrogen-bond donors (Lipinski definition) is 1. The van der Waals surface area contributed by atoms with Gasteiger partial charge in [-0.2, -0.15) is 0 Å². The standard InChI is InChI=1S/C22H31NO/c1-18-15-16-21(20-13-10-9-12-19(18)20)22(24)14-8-6-4-2-3-5-7-11-17-23/h9-10,12-13,15-16H,2-8,11,14,17,23H2,1H3. The molecule has 2 aromatic rings. The molecule has 0 radical (unpaired) electrons. The predicted octanol–water partition coefficient (Wildman–Crippen LogP) is 5.80. The van der Waals surface area contributed by atoms with E-state index in [4.69, 9.17) is 5.73 Å². The molecule has 24 heavy (non-hydrogen) atoms. The van der Waals surface area contributed by atoms with Gasteiger partial charge in [-0.25, -0.2) is 0 Å². The van der Waals surface area contributed by atoms with Crippen molar-refractivity contribution in [1.29, 1.82) is 0 Å². The summed E-state index contributed by atoms with van der Waals surface area (Å²) in [5, 5.41) is 2.29. The number of aryl methyl sites for hydroxylation is 1. The van der Waals surface area contributed by atoms with E-state index in [1.807, 2.05) is 18.2 Å². The number of unbranched alkanes of at least 4 members (excludes halogenated alkanes) is 7. The first-order valence-electron chi connectivity index (χ1n) is 9.45. The summed E-state index contributed by atoms with van der Waals surface area (Å²) in [6.45, 7) is 2.92. The lowest BCUT2D eigenvalue weighted by atomic mass is 9.95. The van der Waals surface area contributed by atoms with Crippen molar-refractivity contribution in [1.82, 2.24) is 0 Å². The van der Waals surface area contributed by atoms with Gasteiger partial charge in [0.2, 0.25) is 0 Å². The minimum absolute atomic E-state index is 0.286. The summed E-state index contributed by atoms with van der Waals surface area (Å²) in [5.41, 5.74) is 7.62. The Kier molecular flexibility index (Phi) is 7.97. The zero-order valence-electron chi connectivity index (χ0n) is 15.0. The zero-order chi connectivity index (χ0) is 17.2. The van der Waals surface area contributed by atoms with Crippen molar-refractivity contribution >= 4 is 16.6 Å². The van der Waals surface area contributed by atoms with Crippen molar-refractivity contribution in [2.24, 2.45) is 5.73 Å². The molecule has 130 valence electrons. The number of Topliss-reactive ketones (excluding diaryl/α,β-unsaturated/α-hetero) is 1. The van der Waals surface area contributed by atoms with Gasteiger partial charge in [-0.1, -0.05) is 74.9 Å². The molecule has 0 aromatic heterocycles. The number of carbonyl (C=O) groups excluding carboxylic acids is 1. The van der Waals surface area contributed by atoms with Crippen molar-refractivity contribution in [3.8, 4) is 0 Å².